The number of nitrogens with zero attached hydrogens (tertiary/aromatic N) is 2. The molecule has 0 spiro atoms. The van der Waals surface area contributed by atoms with Crippen LogP contribution in [0.3, 0.4) is 0 Å². The first-order valence-corrected chi connectivity index (χ1v) is 22.1. The van der Waals surface area contributed by atoms with Gasteiger partial charge in [-0.15, -0.1) is 21.9 Å². The van der Waals surface area contributed by atoms with Crippen LogP contribution < -0.4 is 31.2 Å². The number of carbonyl (C=O) groups excluding carboxylic acids is 1. The normalized spacial score (nSPS) is 11.6. The number of ketones is 1. The molecular weight excluding hydrogens is 1100 g/mol. The van der Waals surface area contributed by atoms with Crippen molar-refractivity contribution in [3.8, 4) is 11.6 Å². The van der Waals surface area contributed by atoms with Gasteiger partial charge in [0.1, 0.15) is 64.6 Å². The average molecular weight is 1120 g/mol. The number of fused-ring (bicyclic) bond motifs is 3. The number of aromatic nitrogens is 2. The van der Waals surface area contributed by atoms with Crippen molar-refractivity contribution in [3.63, 3.8) is 0 Å². The van der Waals surface area contributed by atoms with Gasteiger partial charge in [-0.3, -0.25) is 4.79 Å². The minimum atomic E-state index is -7.22. The van der Waals surface area contributed by atoms with E-state index in [1.807, 2.05) is 48.5 Å². The minimum Gasteiger partial charge on any atom is -0.403 e. The summed E-state index contributed by atoms with van der Waals surface area (Å²) in [6.07, 6.45) is -2.11. The summed E-state index contributed by atoms with van der Waals surface area (Å²) in [6.45, 7) is 0.160. The van der Waals surface area contributed by atoms with E-state index < -0.39 is 144 Å². The summed E-state index contributed by atoms with van der Waals surface area (Å²) >= 11 is 0. The molecule has 1 heterocycles. The molecule has 0 aliphatic rings. The topological polar surface area (TPSA) is 43.1 Å². The lowest BCUT2D eigenvalue weighted by molar-refractivity contribution is -0.687. The van der Waals surface area contributed by atoms with Gasteiger partial charge in [-0.1, -0.05) is 78.9 Å². The molecule has 10 aromatic rings. The van der Waals surface area contributed by atoms with Crippen LogP contribution in [0.1, 0.15) is 10.4 Å². The van der Waals surface area contributed by atoms with Crippen molar-refractivity contribution in [3.05, 3.63) is 238 Å². The molecule has 0 N–H and O–H groups in total. The van der Waals surface area contributed by atoms with Gasteiger partial charge in [-0.2, -0.15) is 4.57 Å². The number of benzene rings is 9. The van der Waals surface area contributed by atoms with Gasteiger partial charge in [0.25, 0.3) is 0 Å². The third-order valence-electron chi connectivity index (χ3n) is 12.8. The standard InChI is InChI=1S/C30H21N2O2.C24BF20/c33-28(21-8-2-1-3-9-21)20-32-15-14-31-19-29(32)34-30-26-13-7-6-12-24(26)17-25-16-22-10-4-5-11-23(22)18-27(25)30;26-5-1(6(27)14(35)21(42)13(5)34)25(2-7(28)15(36)22(43)16(37)8(2)29,3-9(30)17(38)23(44)18(39)10(3)31)4-11(32)19(40)24(45)20(41)12(4)33/h1-19H,20H2;/q+1;-1. The predicted octanol–water partition coefficient (Wildman–Crippen LogP) is 12.3. The fraction of sp³-hybridized carbons (Fsp3) is 0.0185. The van der Waals surface area contributed by atoms with E-state index in [0.717, 1.165) is 32.7 Å². The first-order chi connectivity index (χ1) is 37.5. The Bertz CT molecular complexity index is 3800. The molecule has 0 saturated heterocycles. The zero-order chi connectivity index (χ0) is 57.3. The van der Waals surface area contributed by atoms with Gasteiger partial charge in [-0.05, 0) is 39.7 Å². The van der Waals surface area contributed by atoms with Crippen LogP contribution in [-0.2, 0) is 6.54 Å². The number of rotatable bonds is 9. The Morgan fingerprint density at radius 2 is 0.734 bits per heavy atom. The number of hydrogen-bond acceptors (Lipinski definition) is 3. The second-order valence-electron chi connectivity index (χ2n) is 17.1. The zero-order valence-corrected chi connectivity index (χ0v) is 38.5. The summed E-state index contributed by atoms with van der Waals surface area (Å²) in [5, 5.41) is 6.55. The van der Waals surface area contributed by atoms with Crippen LogP contribution in [0.2, 0.25) is 0 Å². The molecule has 79 heavy (non-hydrogen) atoms. The third-order valence-corrected chi connectivity index (χ3v) is 12.8. The maximum absolute atomic E-state index is 15.4. The van der Waals surface area contributed by atoms with Crippen LogP contribution in [0.15, 0.2) is 116 Å². The van der Waals surface area contributed by atoms with Gasteiger partial charge in [0.2, 0.25) is 12.3 Å². The van der Waals surface area contributed by atoms with Gasteiger partial charge in [0, 0.05) is 16.3 Å². The molecule has 1 aromatic heterocycles. The molecule has 0 saturated carbocycles. The average Bonchev–Trinajstić information content (AvgIpc) is 2.06. The van der Waals surface area contributed by atoms with E-state index in [9.17, 15) is 57.5 Å². The third kappa shape index (κ3) is 8.76. The van der Waals surface area contributed by atoms with E-state index in [4.69, 9.17) is 4.74 Å². The molecule has 9 aromatic carbocycles. The lowest BCUT2D eigenvalue weighted by atomic mass is 9.12. The highest BCUT2D eigenvalue weighted by Crippen LogP contribution is 2.39. The van der Waals surface area contributed by atoms with E-state index in [-0.39, 0.29) is 12.3 Å². The quantitative estimate of drug-likeness (QED) is 0.0275. The summed E-state index contributed by atoms with van der Waals surface area (Å²) in [5.74, 6) is -70.1. The first kappa shape index (κ1) is 54.8. The van der Waals surface area contributed by atoms with Crippen LogP contribution in [0.25, 0.3) is 32.3 Å². The summed E-state index contributed by atoms with van der Waals surface area (Å²) in [6, 6.07) is 32.4. The molecule has 0 unspecified atom stereocenters. The fourth-order valence-corrected chi connectivity index (χ4v) is 9.26. The first-order valence-electron chi connectivity index (χ1n) is 22.1. The second kappa shape index (κ2) is 20.7. The monoisotopic (exact) mass is 1120 g/mol. The molecule has 0 radical (unpaired) electrons. The van der Waals surface area contributed by atoms with Crippen molar-refractivity contribution in [2.75, 3.05) is 0 Å². The Hall–Kier alpha value is -9.03. The van der Waals surface area contributed by atoms with Crippen LogP contribution in [0, 0.1) is 116 Å². The van der Waals surface area contributed by atoms with Gasteiger partial charge in [0.15, 0.2) is 76.0 Å². The van der Waals surface area contributed by atoms with E-state index >= 15 is 35.1 Å². The number of ether oxygens (including phenoxy) is 1. The molecule has 0 aliphatic carbocycles. The zero-order valence-electron chi connectivity index (χ0n) is 38.5. The molecule has 0 amide bonds. The molecular formula is C54H21BF20N2O2. The Labute approximate surface area is 427 Å². The van der Waals surface area contributed by atoms with E-state index in [1.165, 1.54) is 5.39 Å². The number of carbonyl (C=O) groups is 1. The maximum Gasteiger partial charge on any atom is 0.392 e. The summed E-state index contributed by atoms with van der Waals surface area (Å²) in [4.78, 5) is 17.2. The number of halogens is 20. The highest BCUT2D eigenvalue weighted by Gasteiger charge is 2.52. The van der Waals surface area contributed by atoms with Gasteiger partial charge < -0.3 is 4.74 Å². The minimum absolute atomic E-state index is 0.00965. The van der Waals surface area contributed by atoms with Crippen LogP contribution in [-0.4, -0.2) is 16.9 Å². The van der Waals surface area contributed by atoms with Crippen LogP contribution >= 0.6 is 0 Å². The maximum atomic E-state index is 15.4. The van der Waals surface area contributed by atoms with Gasteiger partial charge in [0.05, 0.1) is 6.20 Å². The lowest BCUT2D eigenvalue weighted by Crippen LogP contribution is -2.81. The number of Topliss-reactive ketones (excluding diaryl/α,β-unsaturated/α-hetero) is 1. The second-order valence-corrected chi connectivity index (χ2v) is 17.1. The Balaban J connectivity index is 0.000000198. The summed E-state index contributed by atoms with van der Waals surface area (Å²) in [7, 11) is 0. The highest BCUT2D eigenvalue weighted by atomic mass is 19.2. The molecule has 4 nitrogen and oxygen atoms in total. The van der Waals surface area contributed by atoms with E-state index in [0.29, 0.717) is 11.4 Å². The molecule has 0 bridgehead atoms. The SMILES string of the molecule is Fc1c(F)c(F)c([B-](c2c(F)c(F)c(F)c(F)c2F)(c2c(F)c(F)c(F)c(F)c2F)c2c(F)c(F)c(F)c(F)c2F)c(F)c1F.O=C(C[n+]1ccncc1Oc1c2ccccc2cc2cc3ccccc3cc12)c1ccccc1. The molecule has 10 rings (SSSR count). The largest absolute Gasteiger partial charge is 0.403 e. The molecule has 0 fully saturated rings. The summed E-state index contributed by atoms with van der Waals surface area (Å²) in [5.41, 5.74) is -13.7. The van der Waals surface area contributed by atoms with Crippen molar-refractivity contribution in [2.24, 2.45) is 0 Å². The fourth-order valence-electron chi connectivity index (χ4n) is 9.26. The van der Waals surface area contributed by atoms with Crippen molar-refractivity contribution in [2.45, 2.75) is 6.54 Å². The highest BCUT2D eigenvalue weighted by molar-refractivity contribution is 7.20. The molecule has 25 heteroatoms. The van der Waals surface area contributed by atoms with Gasteiger partial charge in [-0.25, -0.2) is 92.8 Å². The van der Waals surface area contributed by atoms with E-state index in [1.54, 1.807) is 23.2 Å². The van der Waals surface area contributed by atoms with Crippen molar-refractivity contribution in [1.82, 2.24) is 4.98 Å². The van der Waals surface area contributed by atoms with Crippen LogP contribution in [0.5, 0.6) is 11.6 Å². The van der Waals surface area contributed by atoms with Crippen molar-refractivity contribution >= 4 is 66.1 Å². The smallest absolute Gasteiger partial charge is 0.392 e. The summed E-state index contributed by atoms with van der Waals surface area (Å²) < 4.78 is 302. The van der Waals surface area contributed by atoms with Crippen molar-refractivity contribution < 1.29 is 102 Å². The molecule has 0 aliphatic heterocycles. The Morgan fingerprint density at radius 3 is 1.15 bits per heavy atom. The van der Waals surface area contributed by atoms with Crippen molar-refractivity contribution in [1.29, 1.82) is 0 Å². The van der Waals surface area contributed by atoms with Gasteiger partial charge >= 0.3 is 5.88 Å². The van der Waals surface area contributed by atoms with E-state index in [2.05, 4.69) is 53.5 Å². The predicted molar refractivity (Wildman–Crippen MR) is 243 cm³/mol. The molecule has 402 valence electrons. The lowest BCUT2D eigenvalue weighted by Gasteiger charge is -2.44. The number of hydrogen-bond donors (Lipinski definition) is 0. The molecule has 0 atom stereocenters. The Kier molecular flexibility index (Phi) is 14.4. The van der Waals surface area contributed by atoms with Crippen LogP contribution in [0.4, 0.5) is 87.8 Å². The Morgan fingerprint density at radius 1 is 0.392 bits per heavy atom.